The first-order chi connectivity index (χ1) is 8.63. The summed E-state index contributed by atoms with van der Waals surface area (Å²) in [6.07, 6.45) is 0. The van der Waals surface area contributed by atoms with Crippen LogP contribution in [0.3, 0.4) is 0 Å². The zero-order chi connectivity index (χ0) is 13.1. The van der Waals surface area contributed by atoms with Gasteiger partial charge in [0.2, 0.25) is 0 Å². The van der Waals surface area contributed by atoms with Gasteiger partial charge in [0.25, 0.3) is 0 Å². The summed E-state index contributed by atoms with van der Waals surface area (Å²) in [5.41, 5.74) is 5.52. The molecule has 0 spiro atoms. The fourth-order valence-electron chi connectivity index (χ4n) is 1.73. The molecule has 0 aliphatic carbocycles. The first kappa shape index (κ1) is 12.0. The number of azo groups is 1. The molecule has 0 bridgehead atoms. The van der Waals surface area contributed by atoms with Crippen molar-refractivity contribution in [3.63, 3.8) is 0 Å². The van der Waals surface area contributed by atoms with Gasteiger partial charge in [0.15, 0.2) is 5.75 Å². The van der Waals surface area contributed by atoms with E-state index < -0.39 is 6.03 Å². The molecule has 18 heavy (non-hydrogen) atoms. The summed E-state index contributed by atoms with van der Waals surface area (Å²) in [4.78, 5) is 10.5. The number of nitrogens with two attached hydrogens (primary N) is 1. The molecule has 4 N–H and O–H groups in total. The van der Waals surface area contributed by atoms with Crippen LogP contribution in [-0.4, -0.2) is 16.2 Å². The third-order valence-corrected chi connectivity index (χ3v) is 2.51. The van der Waals surface area contributed by atoms with E-state index in [0.717, 1.165) is 5.39 Å². The Hall–Kier alpha value is -2.47. The van der Waals surface area contributed by atoms with Crippen LogP contribution in [0.15, 0.2) is 40.6 Å². The van der Waals surface area contributed by atoms with E-state index in [1.54, 1.807) is 24.3 Å². The lowest BCUT2D eigenvalue weighted by Crippen LogP contribution is -2.01. The topological polar surface area (TPSA) is 108 Å². The van der Waals surface area contributed by atoms with E-state index in [1.807, 2.05) is 0 Å². The van der Waals surface area contributed by atoms with Gasteiger partial charge in [-0.3, -0.25) is 0 Å². The number of nitrogens with zero attached hydrogens (tertiary/aromatic N) is 2. The number of aliphatic hydroxyl groups excluding tert-OH is 1. The molecule has 0 aliphatic rings. The summed E-state index contributed by atoms with van der Waals surface area (Å²) in [5, 5.41) is 27.2. The second kappa shape index (κ2) is 4.80. The maximum absolute atomic E-state index is 10.5. The molecular formula is C12H11N3O3. The molecule has 0 aliphatic heterocycles. The summed E-state index contributed by atoms with van der Waals surface area (Å²) in [5.74, 6) is -0.104. The van der Waals surface area contributed by atoms with Crippen molar-refractivity contribution in [1.82, 2.24) is 0 Å². The van der Waals surface area contributed by atoms with Crippen LogP contribution in [0.25, 0.3) is 10.8 Å². The van der Waals surface area contributed by atoms with Gasteiger partial charge in [-0.05, 0) is 17.0 Å². The van der Waals surface area contributed by atoms with E-state index in [1.165, 1.54) is 6.07 Å². The summed E-state index contributed by atoms with van der Waals surface area (Å²) in [6, 6.07) is 7.52. The number of rotatable bonds is 2. The van der Waals surface area contributed by atoms with Crippen molar-refractivity contribution in [2.24, 2.45) is 16.0 Å². The zero-order valence-corrected chi connectivity index (χ0v) is 9.37. The average Bonchev–Trinajstić information content (AvgIpc) is 2.38. The smallest absolute Gasteiger partial charge is 0.356 e. The number of aliphatic hydroxyl groups is 1. The Bertz CT molecular complexity index is 638. The Labute approximate surface area is 102 Å². The lowest BCUT2D eigenvalue weighted by atomic mass is 10.0. The molecule has 6 nitrogen and oxygen atoms in total. The number of aromatic hydroxyl groups is 1. The Balaban J connectivity index is 2.69. The first-order valence-corrected chi connectivity index (χ1v) is 5.19. The summed E-state index contributed by atoms with van der Waals surface area (Å²) in [7, 11) is 0. The van der Waals surface area contributed by atoms with Crippen LogP contribution in [-0.2, 0) is 6.61 Å². The molecule has 2 amide bonds. The van der Waals surface area contributed by atoms with E-state index in [9.17, 15) is 15.0 Å². The predicted octanol–water partition coefficient (Wildman–Crippen LogP) is 2.20. The van der Waals surface area contributed by atoms with Gasteiger partial charge in [0.1, 0.15) is 5.69 Å². The van der Waals surface area contributed by atoms with Gasteiger partial charge in [0.05, 0.1) is 6.61 Å². The third kappa shape index (κ3) is 2.14. The highest BCUT2D eigenvalue weighted by Crippen LogP contribution is 2.37. The third-order valence-electron chi connectivity index (χ3n) is 2.51. The Morgan fingerprint density at radius 3 is 2.56 bits per heavy atom. The predicted molar refractivity (Wildman–Crippen MR) is 65.6 cm³/mol. The first-order valence-electron chi connectivity index (χ1n) is 5.19. The van der Waals surface area contributed by atoms with Crippen molar-refractivity contribution in [3.8, 4) is 5.75 Å². The highest BCUT2D eigenvalue weighted by Gasteiger charge is 2.10. The van der Waals surface area contributed by atoms with Crippen molar-refractivity contribution < 1.29 is 15.0 Å². The molecule has 6 heteroatoms. The molecule has 0 saturated heterocycles. The molecule has 0 heterocycles. The van der Waals surface area contributed by atoms with Crippen molar-refractivity contribution >= 4 is 22.5 Å². The number of primary amides is 1. The molecule has 0 aromatic heterocycles. The van der Waals surface area contributed by atoms with Gasteiger partial charge in [0, 0.05) is 5.39 Å². The SMILES string of the molecule is NC(=O)N=Nc1cc(CO)c2ccccc2c1O. The number of phenolic OH excluding ortho intramolecular Hbond substituents is 1. The second-order valence-electron chi connectivity index (χ2n) is 3.65. The number of carbonyl (C=O) groups excluding carboxylic acids is 1. The van der Waals surface area contributed by atoms with Crippen molar-refractivity contribution in [3.05, 3.63) is 35.9 Å². The van der Waals surface area contributed by atoms with Crippen LogP contribution >= 0.6 is 0 Å². The minimum Gasteiger partial charge on any atom is -0.505 e. The zero-order valence-electron chi connectivity index (χ0n) is 9.37. The lowest BCUT2D eigenvalue weighted by molar-refractivity contribution is 0.255. The van der Waals surface area contributed by atoms with Crippen LogP contribution in [0, 0.1) is 0 Å². The van der Waals surface area contributed by atoms with Crippen LogP contribution in [0.5, 0.6) is 5.75 Å². The van der Waals surface area contributed by atoms with Crippen LogP contribution in [0.1, 0.15) is 5.56 Å². The Kier molecular flexibility index (Phi) is 3.20. The minimum atomic E-state index is -0.951. The van der Waals surface area contributed by atoms with Gasteiger partial charge < -0.3 is 15.9 Å². The highest BCUT2D eigenvalue weighted by atomic mass is 16.3. The summed E-state index contributed by atoms with van der Waals surface area (Å²) in [6.45, 7) is -0.208. The van der Waals surface area contributed by atoms with Gasteiger partial charge in [-0.15, -0.1) is 5.11 Å². The van der Waals surface area contributed by atoms with E-state index in [-0.39, 0.29) is 18.0 Å². The molecule has 0 saturated carbocycles. The van der Waals surface area contributed by atoms with E-state index in [0.29, 0.717) is 10.9 Å². The number of hydrogen-bond acceptors (Lipinski definition) is 4. The summed E-state index contributed by atoms with van der Waals surface area (Å²) >= 11 is 0. The van der Waals surface area contributed by atoms with Crippen molar-refractivity contribution in [2.45, 2.75) is 6.61 Å². The van der Waals surface area contributed by atoms with E-state index >= 15 is 0 Å². The molecule has 0 unspecified atom stereocenters. The largest absolute Gasteiger partial charge is 0.505 e. The highest BCUT2D eigenvalue weighted by molar-refractivity contribution is 5.95. The number of hydrogen-bond donors (Lipinski definition) is 3. The summed E-state index contributed by atoms with van der Waals surface area (Å²) < 4.78 is 0. The fraction of sp³-hybridized carbons (Fsp3) is 0.0833. The molecule has 0 radical (unpaired) electrons. The molecule has 92 valence electrons. The number of urea groups is 1. The quantitative estimate of drug-likeness (QED) is 0.705. The molecular weight excluding hydrogens is 234 g/mol. The maximum atomic E-state index is 10.5. The Morgan fingerprint density at radius 2 is 1.94 bits per heavy atom. The average molecular weight is 245 g/mol. The molecule has 2 rings (SSSR count). The van der Waals surface area contributed by atoms with Crippen LogP contribution in [0.2, 0.25) is 0 Å². The van der Waals surface area contributed by atoms with Crippen molar-refractivity contribution in [2.75, 3.05) is 0 Å². The maximum Gasteiger partial charge on any atom is 0.356 e. The minimum absolute atomic E-state index is 0.0940. The van der Waals surface area contributed by atoms with Gasteiger partial charge in [-0.1, -0.05) is 29.4 Å². The van der Waals surface area contributed by atoms with E-state index in [4.69, 9.17) is 5.73 Å². The van der Waals surface area contributed by atoms with Crippen LogP contribution in [0.4, 0.5) is 10.5 Å². The number of carbonyl (C=O) groups is 1. The van der Waals surface area contributed by atoms with Gasteiger partial charge in [-0.2, -0.15) is 0 Å². The second-order valence-corrected chi connectivity index (χ2v) is 3.65. The number of fused-ring (bicyclic) bond motifs is 1. The normalized spacial score (nSPS) is 11.2. The van der Waals surface area contributed by atoms with Crippen molar-refractivity contribution in [1.29, 1.82) is 0 Å². The number of benzene rings is 2. The Morgan fingerprint density at radius 1 is 1.28 bits per heavy atom. The molecule has 2 aromatic rings. The van der Waals surface area contributed by atoms with E-state index in [2.05, 4.69) is 10.2 Å². The lowest BCUT2D eigenvalue weighted by Gasteiger charge is -2.08. The fourth-order valence-corrected chi connectivity index (χ4v) is 1.73. The number of amides is 2. The van der Waals surface area contributed by atoms with Gasteiger partial charge >= 0.3 is 6.03 Å². The van der Waals surface area contributed by atoms with Gasteiger partial charge in [-0.25, -0.2) is 4.79 Å². The molecule has 0 atom stereocenters. The standard InChI is InChI=1S/C12H11N3O3/c13-12(18)15-14-10-5-7(6-16)8-3-1-2-4-9(8)11(10)17/h1-5,16-17H,6H2,(H2,13,18). The number of phenols is 1. The molecule has 2 aromatic carbocycles. The van der Waals surface area contributed by atoms with Crippen LogP contribution < -0.4 is 5.73 Å². The monoisotopic (exact) mass is 245 g/mol. The molecule has 0 fully saturated rings.